The molecule has 0 aliphatic heterocycles. The number of ether oxygens (including phenoxy) is 2. The first-order valence-corrected chi connectivity index (χ1v) is 9.43. The Morgan fingerprint density at radius 1 is 1.15 bits per heavy atom. The van der Waals surface area contributed by atoms with E-state index >= 15 is 0 Å². The third-order valence-corrected chi connectivity index (χ3v) is 5.52. The molecule has 0 aromatic heterocycles. The lowest BCUT2D eigenvalue weighted by Crippen LogP contribution is -2.30. The summed E-state index contributed by atoms with van der Waals surface area (Å²) in [4.78, 5) is 12.3. The lowest BCUT2D eigenvalue weighted by molar-refractivity contribution is -0.122. The quantitative estimate of drug-likeness (QED) is 0.777. The number of hydrogen-bond donors (Lipinski definition) is 1. The van der Waals surface area contributed by atoms with Crippen LogP contribution in [-0.2, 0) is 14.8 Å². The molecule has 2 aromatic carbocycles. The molecule has 0 unspecified atom stereocenters. The number of hydrogen-bond acceptors (Lipinski definition) is 5. The molecule has 2 aromatic rings. The van der Waals surface area contributed by atoms with E-state index < -0.39 is 27.9 Å². The Morgan fingerprint density at radius 2 is 1.78 bits per heavy atom. The Hall–Kier alpha value is -2.65. The van der Waals surface area contributed by atoms with Crippen molar-refractivity contribution < 1.29 is 27.1 Å². The predicted molar refractivity (Wildman–Crippen MR) is 99.0 cm³/mol. The molecule has 0 aliphatic rings. The second-order valence-electron chi connectivity index (χ2n) is 5.86. The highest BCUT2D eigenvalue weighted by Gasteiger charge is 2.23. The van der Waals surface area contributed by atoms with E-state index in [0.29, 0.717) is 5.75 Å². The molecule has 9 heteroatoms. The standard InChI is InChI=1S/C18H21FN2O5S/c1-12(26-15-8-5-13(19)6-9-15)18(22)20-14-7-10-16(25-4)17(11-14)27(23,24)21(2)3/h5-12H,1-4H3,(H,20,22)/t12-/m0/s1. The molecule has 7 nitrogen and oxygen atoms in total. The largest absolute Gasteiger partial charge is 0.495 e. The van der Waals surface area contributed by atoms with Crippen LogP contribution in [0.1, 0.15) is 6.92 Å². The summed E-state index contributed by atoms with van der Waals surface area (Å²) in [5, 5.41) is 2.60. The molecule has 2 rings (SSSR count). The van der Waals surface area contributed by atoms with E-state index in [2.05, 4.69) is 5.32 Å². The number of nitrogens with one attached hydrogen (secondary N) is 1. The second kappa shape index (κ2) is 8.36. The van der Waals surface area contributed by atoms with Gasteiger partial charge in [-0.3, -0.25) is 4.79 Å². The number of nitrogens with zero attached hydrogens (tertiary/aromatic N) is 1. The Labute approximate surface area is 157 Å². The average molecular weight is 396 g/mol. The van der Waals surface area contributed by atoms with Gasteiger partial charge in [0.2, 0.25) is 10.0 Å². The van der Waals surface area contributed by atoms with Crippen LogP contribution in [0.3, 0.4) is 0 Å². The first kappa shape index (κ1) is 20.7. The summed E-state index contributed by atoms with van der Waals surface area (Å²) in [5.41, 5.74) is 0.274. The first-order chi connectivity index (χ1) is 12.6. The summed E-state index contributed by atoms with van der Waals surface area (Å²) < 4.78 is 49.4. The van der Waals surface area contributed by atoms with Crippen LogP contribution >= 0.6 is 0 Å². The van der Waals surface area contributed by atoms with Gasteiger partial charge in [-0.05, 0) is 49.4 Å². The van der Waals surface area contributed by atoms with Crippen LogP contribution < -0.4 is 14.8 Å². The Balaban J connectivity index is 2.18. The van der Waals surface area contributed by atoms with Crippen LogP contribution in [0.5, 0.6) is 11.5 Å². The SMILES string of the molecule is COc1ccc(NC(=O)[C@H](C)Oc2ccc(F)cc2)cc1S(=O)(=O)N(C)C. The first-order valence-electron chi connectivity index (χ1n) is 7.99. The molecule has 0 saturated carbocycles. The van der Waals surface area contributed by atoms with Crippen molar-refractivity contribution in [3.05, 3.63) is 48.3 Å². The number of halogens is 1. The van der Waals surface area contributed by atoms with Crippen molar-refractivity contribution in [2.24, 2.45) is 0 Å². The fourth-order valence-electron chi connectivity index (χ4n) is 2.17. The summed E-state index contributed by atoms with van der Waals surface area (Å²) in [6.07, 6.45) is -0.883. The van der Waals surface area contributed by atoms with E-state index in [1.807, 2.05) is 0 Å². The van der Waals surface area contributed by atoms with Gasteiger partial charge in [-0.15, -0.1) is 0 Å². The topological polar surface area (TPSA) is 84.9 Å². The average Bonchev–Trinajstić information content (AvgIpc) is 2.63. The summed E-state index contributed by atoms with van der Waals surface area (Å²) in [6.45, 7) is 1.53. The van der Waals surface area contributed by atoms with Crippen LogP contribution in [0.15, 0.2) is 47.4 Å². The van der Waals surface area contributed by atoms with Crippen molar-refractivity contribution in [2.75, 3.05) is 26.5 Å². The van der Waals surface area contributed by atoms with Gasteiger partial charge < -0.3 is 14.8 Å². The number of rotatable bonds is 7. The maximum absolute atomic E-state index is 12.9. The molecular formula is C18H21FN2O5S. The summed E-state index contributed by atoms with van der Waals surface area (Å²) in [7, 11) is 0.404. The maximum Gasteiger partial charge on any atom is 0.265 e. The molecule has 0 heterocycles. The lowest BCUT2D eigenvalue weighted by Gasteiger charge is -2.17. The number of methoxy groups -OCH3 is 1. The smallest absolute Gasteiger partial charge is 0.265 e. The van der Waals surface area contributed by atoms with Gasteiger partial charge in [-0.1, -0.05) is 0 Å². The minimum absolute atomic E-state index is 0.0695. The summed E-state index contributed by atoms with van der Waals surface area (Å²) in [6, 6.07) is 9.57. The fourth-order valence-corrected chi connectivity index (χ4v) is 3.24. The third-order valence-electron chi connectivity index (χ3n) is 3.69. The molecule has 0 fully saturated rings. The second-order valence-corrected chi connectivity index (χ2v) is 7.98. The van der Waals surface area contributed by atoms with Crippen molar-refractivity contribution >= 4 is 21.6 Å². The Bertz CT molecular complexity index is 914. The normalized spacial score (nSPS) is 12.5. The molecule has 27 heavy (non-hydrogen) atoms. The number of benzene rings is 2. The van der Waals surface area contributed by atoms with E-state index in [-0.39, 0.29) is 16.3 Å². The lowest BCUT2D eigenvalue weighted by atomic mass is 10.2. The molecule has 1 N–H and O–H groups in total. The van der Waals surface area contributed by atoms with Crippen molar-refractivity contribution in [1.82, 2.24) is 4.31 Å². The zero-order chi connectivity index (χ0) is 20.2. The molecule has 0 radical (unpaired) electrons. The monoisotopic (exact) mass is 396 g/mol. The van der Waals surface area contributed by atoms with Crippen molar-refractivity contribution in [2.45, 2.75) is 17.9 Å². The summed E-state index contributed by atoms with van der Waals surface area (Å²) >= 11 is 0. The molecule has 146 valence electrons. The maximum atomic E-state index is 12.9. The van der Waals surface area contributed by atoms with Gasteiger partial charge in [0, 0.05) is 19.8 Å². The van der Waals surface area contributed by atoms with Gasteiger partial charge in [-0.2, -0.15) is 0 Å². The van der Waals surface area contributed by atoms with Crippen molar-refractivity contribution in [3.63, 3.8) is 0 Å². The number of sulfonamides is 1. The Kier molecular flexibility index (Phi) is 6.40. The molecule has 0 saturated heterocycles. The minimum Gasteiger partial charge on any atom is -0.495 e. The Morgan fingerprint density at radius 3 is 2.33 bits per heavy atom. The molecule has 0 spiro atoms. The van der Waals surface area contributed by atoms with Crippen LogP contribution in [0.4, 0.5) is 10.1 Å². The van der Waals surface area contributed by atoms with Crippen molar-refractivity contribution in [3.8, 4) is 11.5 Å². The molecule has 1 atom stereocenters. The van der Waals surface area contributed by atoms with Crippen LogP contribution in [-0.4, -0.2) is 45.9 Å². The van der Waals surface area contributed by atoms with Gasteiger partial charge in [0.15, 0.2) is 6.10 Å². The number of carbonyl (C=O) groups is 1. The van der Waals surface area contributed by atoms with E-state index in [1.54, 1.807) is 0 Å². The van der Waals surface area contributed by atoms with Crippen LogP contribution in [0, 0.1) is 5.82 Å². The highest BCUT2D eigenvalue weighted by molar-refractivity contribution is 7.89. The highest BCUT2D eigenvalue weighted by atomic mass is 32.2. The van der Waals surface area contributed by atoms with Crippen molar-refractivity contribution in [1.29, 1.82) is 0 Å². The third kappa shape index (κ3) is 4.95. The van der Waals surface area contributed by atoms with E-state index in [4.69, 9.17) is 9.47 Å². The van der Waals surface area contributed by atoms with Gasteiger partial charge in [-0.25, -0.2) is 17.1 Å². The fraction of sp³-hybridized carbons (Fsp3) is 0.278. The minimum atomic E-state index is -3.76. The van der Waals surface area contributed by atoms with E-state index in [0.717, 1.165) is 4.31 Å². The van der Waals surface area contributed by atoms with Gasteiger partial charge in [0.25, 0.3) is 5.91 Å². The van der Waals surface area contributed by atoms with Gasteiger partial charge >= 0.3 is 0 Å². The van der Waals surface area contributed by atoms with Gasteiger partial charge in [0.05, 0.1) is 7.11 Å². The van der Waals surface area contributed by atoms with Crippen LogP contribution in [0.25, 0.3) is 0 Å². The number of amides is 1. The molecule has 0 bridgehead atoms. The van der Waals surface area contributed by atoms with E-state index in [1.165, 1.54) is 70.6 Å². The summed E-state index contributed by atoms with van der Waals surface area (Å²) in [5.74, 6) is -0.396. The van der Waals surface area contributed by atoms with E-state index in [9.17, 15) is 17.6 Å². The zero-order valence-electron chi connectivity index (χ0n) is 15.4. The molecular weight excluding hydrogens is 375 g/mol. The number of carbonyl (C=O) groups excluding carboxylic acids is 1. The zero-order valence-corrected chi connectivity index (χ0v) is 16.2. The number of anilines is 1. The van der Waals surface area contributed by atoms with Crippen LogP contribution in [0.2, 0.25) is 0 Å². The molecule has 1 amide bonds. The van der Waals surface area contributed by atoms with Gasteiger partial charge in [0.1, 0.15) is 22.2 Å². The predicted octanol–water partition coefficient (Wildman–Crippen LogP) is 2.49. The molecule has 0 aliphatic carbocycles. The highest BCUT2D eigenvalue weighted by Crippen LogP contribution is 2.29.